The molecule has 25 heavy (non-hydrogen) atoms. The zero-order valence-corrected chi connectivity index (χ0v) is 15.0. The van der Waals surface area contributed by atoms with Gasteiger partial charge in [-0.2, -0.15) is 10.2 Å². The molecule has 0 aliphatic rings. The minimum absolute atomic E-state index is 0.627. The van der Waals surface area contributed by atoms with Crippen LogP contribution < -0.4 is 0 Å². The lowest BCUT2D eigenvalue weighted by atomic mass is 10.2. The standard InChI is InChI=1S/C18H19ClN6/c1-3-7-24-11-15(12(2)23-24)17-21-16-9-20-25(18(16)22-17)10-13-5-4-6-14(19)8-13/h4-6,8-9,11H,3,7,10H2,1-2H3,(H,21,22). The number of halogens is 1. The molecule has 0 aliphatic carbocycles. The predicted octanol–water partition coefficient (Wildman–Crippen LogP) is 4.04. The largest absolute Gasteiger partial charge is 0.335 e. The SMILES string of the molecule is CCCn1cc(-c2nc3c(cnn3Cc3cccc(Cl)c3)[nH]2)c(C)n1. The maximum absolute atomic E-state index is 6.07. The molecule has 0 unspecified atom stereocenters. The topological polar surface area (TPSA) is 64.3 Å². The molecule has 0 fully saturated rings. The fourth-order valence-corrected chi connectivity index (χ4v) is 3.20. The zero-order valence-electron chi connectivity index (χ0n) is 14.2. The molecule has 1 N–H and O–H groups in total. The molecule has 128 valence electrons. The molecule has 0 spiro atoms. The molecule has 4 aromatic rings. The summed E-state index contributed by atoms with van der Waals surface area (Å²) in [6.07, 6.45) is 4.91. The average Bonchev–Trinajstić information content (AvgIpc) is 3.24. The van der Waals surface area contributed by atoms with Gasteiger partial charge >= 0.3 is 0 Å². The number of aromatic amines is 1. The Kier molecular flexibility index (Phi) is 4.05. The van der Waals surface area contributed by atoms with E-state index in [0.29, 0.717) is 6.54 Å². The lowest BCUT2D eigenvalue weighted by molar-refractivity contribution is 0.598. The van der Waals surface area contributed by atoms with Crippen molar-refractivity contribution in [1.82, 2.24) is 29.5 Å². The summed E-state index contributed by atoms with van der Waals surface area (Å²) < 4.78 is 3.85. The van der Waals surface area contributed by atoms with Crippen molar-refractivity contribution in [1.29, 1.82) is 0 Å². The van der Waals surface area contributed by atoms with Crippen LogP contribution in [0.4, 0.5) is 0 Å². The first-order valence-electron chi connectivity index (χ1n) is 8.34. The maximum atomic E-state index is 6.07. The van der Waals surface area contributed by atoms with Gasteiger partial charge in [-0.15, -0.1) is 0 Å². The van der Waals surface area contributed by atoms with Crippen molar-refractivity contribution >= 4 is 22.8 Å². The fraction of sp³-hybridized carbons (Fsp3) is 0.278. The first-order valence-corrected chi connectivity index (χ1v) is 8.72. The van der Waals surface area contributed by atoms with Gasteiger partial charge in [-0.25, -0.2) is 9.67 Å². The highest BCUT2D eigenvalue weighted by Gasteiger charge is 2.15. The molecule has 0 amide bonds. The highest BCUT2D eigenvalue weighted by Crippen LogP contribution is 2.23. The van der Waals surface area contributed by atoms with Gasteiger partial charge in [0.2, 0.25) is 0 Å². The van der Waals surface area contributed by atoms with Gasteiger partial charge in [0.15, 0.2) is 5.65 Å². The Balaban J connectivity index is 1.68. The molecular formula is C18H19ClN6. The minimum atomic E-state index is 0.627. The van der Waals surface area contributed by atoms with Crippen molar-refractivity contribution in [2.75, 3.05) is 0 Å². The Labute approximate surface area is 150 Å². The molecule has 3 heterocycles. The van der Waals surface area contributed by atoms with E-state index in [0.717, 1.165) is 51.8 Å². The van der Waals surface area contributed by atoms with Crippen LogP contribution >= 0.6 is 11.6 Å². The Bertz CT molecular complexity index is 1030. The van der Waals surface area contributed by atoms with Crippen LogP contribution in [0.2, 0.25) is 5.02 Å². The second-order valence-corrected chi connectivity index (χ2v) is 6.58. The highest BCUT2D eigenvalue weighted by atomic mass is 35.5. The van der Waals surface area contributed by atoms with Gasteiger partial charge in [-0.3, -0.25) is 4.68 Å². The minimum Gasteiger partial charge on any atom is -0.335 e. The lowest BCUT2D eigenvalue weighted by Crippen LogP contribution is -2.01. The first-order chi connectivity index (χ1) is 12.1. The van der Waals surface area contributed by atoms with Crippen LogP contribution in [0.5, 0.6) is 0 Å². The molecule has 0 atom stereocenters. The van der Waals surface area contributed by atoms with Crippen LogP contribution in [0.3, 0.4) is 0 Å². The number of hydrogen-bond acceptors (Lipinski definition) is 3. The number of imidazole rings is 1. The molecule has 1 aromatic carbocycles. The van der Waals surface area contributed by atoms with Crippen molar-refractivity contribution in [3.05, 3.63) is 52.9 Å². The second kappa shape index (κ2) is 6.37. The summed E-state index contributed by atoms with van der Waals surface area (Å²) in [4.78, 5) is 8.11. The van der Waals surface area contributed by atoms with Gasteiger partial charge in [0.25, 0.3) is 0 Å². The lowest BCUT2D eigenvalue weighted by Gasteiger charge is -2.02. The summed E-state index contributed by atoms with van der Waals surface area (Å²) in [6.45, 7) is 5.68. The molecule has 0 radical (unpaired) electrons. The third-order valence-corrected chi connectivity index (χ3v) is 4.39. The third kappa shape index (κ3) is 3.05. The molecule has 0 saturated carbocycles. The van der Waals surface area contributed by atoms with Crippen molar-refractivity contribution < 1.29 is 0 Å². The second-order valence-electron chi connectivity index (χ2n) is 6.15. The van der Waals surface area contributed by atoms with Crippen LogP contribution in [0, 0.1) is 6.92 Å². The number of H-pyrrole nitrogens is 1. The molecule has 0 aliphatic heterocycles. The summed E-state index contributed by atoms with van der Waals surface area (Å²) in [5.74, 6) is 0.826. The van der Waals surface area contributed by atoms with Gasteiger partial charge in [-0.05, 0) is 31.0 Å². The van der Waals surface area contributed by atoms with E-state index in [2.05, 4.69) is 22.1 Å². The molecule has 0 bridgehead atoms. The number of nitrogens with zero attached hydrogens (tertiary/aromatic N) is 5. The highest BCUT2D eigenvalue weighted by molar-refractivity contribution is 6.30. The average molecular weight is 355 g/mol. The van der Waals surface area contributed by atoms with E-state index in [9.17, 15) is 0 Å². The summed E-state index contributed by atoms with van der Waals surface area (Å²) in [6, 6.07) is 7.79. The van der Waals surface area contributed by atoms with Crippen LogP contribution in [0.15, 0.2) is 36.7 Å². The number of fused-ring (bicyclic) bond motifs is 1. The Morgan fingerprint density at radius 3 is 2.96 bits per heavy atom. The number of aryl methyl sites for hydroxylation is 2. The van der Waals surface area contributed by atoms with E-state index in [-0.39, 0.29) is 0 Å². The first kappa shape index (κ1) is 15.9. The summed E-state index contributed by atoms with van der Waals surface area (Å²) in [5, 5.41) is 9.71. The van der Waals surface area contributed by atoms with Crippen molar-refractivity contribution in [2.24, 2.45) is 0 Å². The zero-order chi connectivity index (χ0) is 17.4. The molecule has 0 saturated heterocycles. The van der Waals surface area contributed by atoms with Crippen LogP contribution in [0.25, 0.3) is 22.6 Å². The molecular weight excluding hydrogens is 336 g/mol. The molecule has 3 aromatic heterocycles. The number of nitrogens with one attached hydrogen (secondary N) is 1. The number of rotatable bonds is 5. The van der Waals surface area contributed by atoms with E-state index in [1.807, 2.05) is 52.9 Å². The van der Waals surface area contributed by atoms with Gasteiger partial charge in [0.1, 0.15) is 11.3 Å². The summed E-state index contributed by atoms with van der Waals surface area (Å²) in [5.41, 5.74) is 4.84. The fourth-order valence-electron chi connectivity index (χ4n) is 2.99. The molecule has 4 rings (SSSR count). The number of aromatic nitrogens is 6. The van der Waals surface area contributed by atoms with Crippen molar-refractivity contribution in [3.8, 4) is 11.4 Å². The van der Waals surface area contributed by atoms with E-state index < -0.39 is 0 Å². The Hall–Kier alpha value is -2.60. The Morgan fingerprint density at radius 2 is 2.16 bits per heavy atom. The Morgan fingerprint density at radius 1 is 1.28 bits per heavy atom. The normalized spacial score (nSPS) is 11.5. The summed E-state index contributed by atoms with van der Waals surface area (Å²) >= 11 is 6.07. The molecule has 6 nitrogen and oxygen atoms in total. The monoisotopic (exact) mass is 354 g/mol. The van der Waals surface area contributed by atoms with Crippen LogP contribution in [0.1, 0.15) is 24.6 Å². The van der Waals surface area contributed by atoms with Crippen molar-refractivity contribution in [2.45, 2.75) is 33.4 Å². The third-order valence-electron chi connectivity index (χ3n) is 4.16. The predicted molar refractivity (Wildman–Crippen MR) is 98.7 cm³/mol. The van der Waals surface area contributed by atoms with Gasteiger partial charge in [-0.1, -0.05) is 30.7 Å². The van der Waals surface area contributed by atoms with Gasteiger partial charge < -0.3 is 4.98 Å². The summed E-state index contributed by atoms with van der Waals surface area (Å²) in [7, 11) is 0. The van der Waals surface area contributed by atoms with Crippen LogP contribution in [-0.2, 0) is 13.1 Å². The van der Waals surface area contributed by atoms with Gasteiger partial charge in [0, 0.05) is 17.8 Å². The van der Waals surface area contributed by atoms with Crippen molar-refractivity contribution in [3.63, 3.8) is 0 Å². The number of hydrogen-bond donors (Lipinski definition) is 1. The van der Waals surface area contributed by atoms with E-state index in [4.69, 9.17) is 16.6 Å². The van der Waals surface area contributed by atoms with E-state index in [1.165, 1.54) is 0 Å². The van der Waals surface area contributed by atoms with E-state index >= 15 is 0 Å². The quantitative estimate of drug-likeness (QED) is 0.588. The van der Waals surface area contributed by atoms with Gasteiger partial charge in [0.05, 0.1) is 24.0 Å². The van der Waals surface area contributed by atoms with E-state index in [1.54, 1.807) is 0 Å². The maximum Gasteiger partial charge on any atom is 0.177 e. The molecule has 7 heteroatoms. The van der Waals surface area contributed by atoms with Crippen LogP contribution in [-0.4, -0.2) is 29.5 Å². The number of benzene rings is 1. The smallest absolute Gasteiger partial charge is 0.177 e.